The number of carbonyl (C=O) groups is 2. The van der Waals surface area contributed by atoms with Gasteiger partial charge in [0.25, 0.3) is 5.56 Å². The molecule has 0 saturated carbocycles. The first kappa shape index (κ1) is 28.1. The zero-order chi connectivity index (χ0) is 28.2. The quantitative estimate of drug-likeness (QED) is 0.425. The molecule has 11 nitrogen and oxygen atoms in total. The first-order valence-corrected chi connectivity index (χ1v) is 12.0. The van der Waals surface area contributed by atoms with Crippen LogP contribution in [0.2, 0.25) is 0 Å². The molecular weight excluding hydrogens is 490 g/mol. The van der Waals surface area contributed by atoms with Crippen LogP contribution in [0.1, 0.15) is 79.5 Å². The highest BCUT2D eigenvalue weighted by Crippen LogP contribution is 2.39. The number of ether oxygens (including phenoxy) is 3. The fourth-order valence-electron chi connectivity index (χ4n) is 4.19. The second-order valence-corrected chi connectivity index (χ2v) is 9.60. The van der Waals surface area contributed by atoms with Gasteiger partial charge in [0.1, 0.15) is 11.4 Å². The van der Waals surface area contributed by atoms with Crippen LogP contribution in [0.3, 0.4) is 0 Å². The molecule has 0 radical (unpaired) electrons. The van der Waals surface area contributed by atoms with Gasteiger partial charge in [0, 0.05) is 25.1 Å². The number of carbonyl (C=O) groups excluding carboxylic acids is 2. The number of aromatic nitrogens is 4. The maximum absolute atomic E-state index is 13.2. The van der Waals surface area contributed by atoms with Crippen molar-refractivity contribution in [3.8, 4) is 11.8 Å². The van der Waals surface area contributed by atoms with Gasteiger partial charge in [-0.3, -0.25) is 9.36 Å². The normalized spacial score (nSPS) is 12.8. The Hall–Kier alpha value is -4.46. The fourth-order valence-corrected chi connectivity index (χ4v) is 4.19. The third-order valence-electron chi connectivity index (χ3n) is 5.82. The van der Waals surface area contributed by atoms with Crippen molar-refractivity contribution in [2.24, 2.45) is 7.05 Å². The average molecular weight is 522 g/mol. The Balaban J connectivity index is 2.22. The van der Waals surface area contributed by atoms with E-state index in [1.165, 1.54) is 31.1 Å². The molecular formula is C27H31N5O6. The molecule has 38 heavy (non-hydrogen) atoms. The van der Waals surface area contributed by atoms with E-state index in [2.05, 4.69) is 16.2 Å². The minimum atomic E-state index is -0.790. The lowest BCUT2D eigenvalue weighted by Gasteiger charge is -2.26. The summed E-state index contributed by atoms with van der Waals surface area (Å²) in [4.78, 5) is 43.0. The predicted octanol–water partition coefficient (Wildman–Crippen LogP) is 3.75. The standard InChI is InChI=1S/C27H31N5O6/c1-8-37-25(34)21-22(36-7)24(33)31(6)23(30-21)16(2)20(19-12-10-9-11-17(19)13-28)18-14-29-32(15-18)26(35)38-27(3,4)5/h9-12,14-16,20H,8H2,1-7H3. The van der Waals surface area contributed by atoms with Crippen molar-refractivity contribution in [1.82, 2.24) is 19.3 Å². The molecule has 0 aliphatic carbocycles. The zero-order valence-corrected chi connectivity index (χ0v) is 22.5. The molecule has 0 amide bonds. The Bertz CT molecular complexity index is 1440. The SMILES string of the molecule is CCOC(=O)c1nc(C(C)C(c2cnn(C(=O)OC(C)(C)C)c2)c2ccccc2C#N)n(C)c(=O)c1OC. The van der Waals surface area contributed by atoms with Gasteiger partial charge in [-0.05, 0) is 44.9 Å². The molecule has 3 aromatic rings. The van der Waals surface area contributed by atoms with E-state index < -0.39 is 35.1 Å². The van der Waals surface area contributed by atoms with Gasteiger partial charge in [-0.1, -0.05) is 25.1 Å². The Morgan fingerprint density at radius 2 is 1.89 bits per heavy atom. The van der Waals surface area contributed by atoms with Gasteiger partial charge in [-0.2, -0.15) is 15.0 Å². The smallest absolute Gasteiger partial charge is 0.435 e. The van der Waals surface area contributed by atoms with E-state index in [1.807, 2.05) is 6.92 Å². The predicted molar refractivity (Wildman–Crippen MR) is 137 cm³/mol. The second kappa shape index (κ2) is 11.3. The minimum Gasteiger partial charge on any atom is -0.489 e. The highest BCUT2D eigenvalue weighted by molar-refractivity contribution is 5.90. The number of rotatable bonds is 7. The summed E-state index contributed by atoms with van der Waals surface area (Å²) in [6, 6.07) is 9.20. The van der Waals surface area contributed by atoms with E-state index in [0.717, 1.165) is 4.68 Å². The first-order chi connectivity index (χ1) is 17.9. The van der Waals surface area contributed by atoms with Crippen molar-refractivity contribution in [1.29, 1.82) is 5.26 Å². The lowest BCUT2D eigenvalue weighted by molar-refractivity contribution is 0.0503. The van der Waals surface area contributed by atoms with Gasteiger partial charge in [-0.15, -0.1) is 0 Å². The van der Waals surface area contributed by atoms with Crippen LogP contribution in [0.15, 0.2) is 41.5 Å². The van der Waals surface area contributed by atoms with Crippen molar-refractivity contribution in [3.63, 3.8) is 0 Å². The van der Waals surface area contributed by atoms with E-state index >= 15 is 0 Å². The summed E-state index contributed by atoms with van der Waals surface area (Å²) in [7, 11) is 2.80. The monoisotopic (exact) mass is 521 g/mol. The van der Waals surface area contributed by atoms with Crippen molar-refractivity contribution >= 4 is 12.1 Å². The molecule has 0 N–H and O–H groups in total. The molecule has 0 aliphatic heterocycles. The van der Waals surface area contributed by atoms with Crippen LogP contribution in [-0.2, 0) is 16.5 Å². The molecule has 0 bridgehead atoms. The van der Waals surface area contributed by atoms with Crippen LogP contribution >= 0.6 is 0 Å². The third kappa shape index (κ3) is 5.75. The molecule has 0 saturated heterocycles. The van der Waals surface area contributed by atoms with E-state index in [0.29, 0.717) is 16.7 Å². The number of nitrogens with zero attached hydrogens (tertiary/aromatic N) is 5. The minimum absolute atomic E-state index is 0.0891. The maximum Gasteiger partial charge on any atom is 0.435 e. The summed E-state index contributed by atoms with van der Waals surface area (Å²) < 4.78 is 18.1. The van der Waals surface area contributed by atoms with Crippen LogP contribution < -0.4 is 10.3 Å². The maximum atomic E-state index is 13.2. The van der Waals surface area contributed by atoms with Gasteiger partial charge in [-0.25, -0.2) is 14.6 Å². The summed E-state index contributed by atoms with van der Waals surface area (Å²) >= 11 is 0. The lowest BCUT2D eigenvalue weighted by atomic mass is 9.80. The summed E-state index contributed by atoms with van der Waals surface area (Å²) in [5.41, 5.74) is 0.0829. The molecule has 1 aromatic carbocycles. The van der Waals surface area contributed by atoms with Crippen LogP contribution in [-0.4, -0.2) is 50.7 Å². The van der Waals surface area contributed by atoms with Crippen molar-refractivity contribution in [2.45, 2.75) is 52.1 Å². The fraction of sp³-hybridized carbons (Fsp3) is 0.407. The molecule has 2 unspecified atom stereocenters. The number of hydrogen-bond donors (Lipinski definition) is 0. The molecule has 0 aliphatic rings. The third-order valence-corrected chi connectivity index (χ3v) is 5.82. The van der Waals surface area contributed by atoms with Crippen molar-refractivity contribution < 1.29 is 23.8 Å². The van der Waals surface area contributed by atoms with E-state index in [1.54, 1.807) is 52.0 Å². The summed E-state index contributed by atoms with van der Waals surface area (Å²) in [6.07, 6.45) is 2.37. The molecule has 2 heterocycles. The van der Waals surface area contributed by atoms with Crippen LogP contribution in [0.4, 0.5) is 4.79 Å². The largest absolute Gasteiger partial charge is 0.489 e. The summed E-state index contributed by atoms with van der Waals surface area (Å²) in [5.74, 6) is -1.92. The lowest BCUT2D eigenvalue weighted by Crippen LogP contribution is -2.30. The van der Waals surface area contributed by atoms with Gasteiger partial charge in [0.2, 0.25) is 5.75 Å². The summed E-state index contributed by atoms with van der Waals surface area (Å²) in [5, 5.41) is 14.0. The van der Waals surface area contributed by atoms with Gasteiger partial charge >= 0.3 is 12.1 Å². The highest BCUT2D eigenvalue weighted by Gasteiger charge is 2.32. The van der Waals surface area contributed by atoms with Gasteiger partial charge in [0.05, 0.1) is 31.5 Å². The van der Waals surface area contributed by atoms with E-state index in [4.69, 9.17) is 14.2 Å². The molecule has 2 atom stereocenters. The number of hydrogen-bond acceptors (Lipinski definition) is 9. The topological polar surface area (TPSA) is 138 Å². The number of methoxy groups -OCH3 is 1. The van der Waals surface area contributed by atoms with Gasteiger partial charge in [0.15, 0.2) is 5.69 Å². The Labute approximate surface area is 220 Å². The average Bonchev–Trinajstić information content (AvgIpc) is 3.35. The highest BCUT2D eigenvalue weighted by atomic mass is 16.6. The van der Waals surface area contributed by atoms with Crippen molar-refractivity contribution in [3.05, 3.63) is 75.2 Å². The molecule has 2 aromatic heterocycles. The summed E-state index contributed by atoms with van der Waals surface area (Å²) in [6.45, 7) is 8.80. The van der Waals surface area contributed by atoms with Crippen LogP contribution in [0, 0.1) is 11.3 Å². The Morgan fingerprint density at radius 3 is 2.50 bits per heavy atom. The Morgan fingerprint density at radius 1 is 1.21 bits per heavy atom. The molecule has 0 spiro atoms. The first-order valence-electron chi connectivity index (χ1n) is 12.0. The molecule has 0 fully saturated rings. The number of benzene rings is 1. The molecule has 200 valence electrons. The molecule has 3 rings (SSSR count). The number of nitriles is 1. The van der Waals surface area contributed by atoms with Crippen LogP contribution in [0.25, 0.3) is 0 Å². The van der Waals surface area contributed by atoms with E-state index in [9.17, 15) is 19.6 Å². The van der Waals surface area contributed by atoms with E-state index in [-0.39, 0.29) is 23.9 Å². The second-order valence-electron chi connectivity index (χ2n) is 9.60. The van der Waals surface area contributed by atoms with Gasteiger partial charge < -0.3 is 14.2 Å². The Kier molecular flexibility index (Phi) is 8.36. The number of esters is 1. The zero-order valence-electron chi connectivity index (χ0n) is 22.5. The van der Waals surface area contributed by atoms with Crippen molar-refractivity contribution in [2.75, 3.05) is 13.7 Å². The molecule has 11 heteroatoms. The van der Waals surface area contributed by atoms with Crippen LogP contribution in [0.5, 0.6) is 5.75 Å².